The van der Waals surface area contributed by atoms with Crippen LogP contribution in [0, 0.1) is 5.41 Å². The minimum absolute atomic E-state index is 0.125. The van der Waals surface area contributed by atoms with Crippen molar-refractivity contribution in [1.29, 1.82) is 0 Å². The van der Waals surface area contributed by atoms with E-state index in [1.807, 2.05) is 0 Å². The Morgan fingerprint density at radius 2 is 1.84 bits per heavy atom. The molecule has 2 rings (SSSR count). The number of hydrogen-bond acceptors (Lipinski definition) is 3. The molecule has 4 nitrogen and oxygen atoms in total. The lowest BCUT2D eigenvalue weighted by molar-refractivity contribution is -0.134. The summed E-state index contributed by atoms with van der Waals surface area (Å²) in [7, 11) is 1.72. The molecule has 19 heavy (non-hydrogen) atoms. The molecule has 110 valence electrons. The predicted octanol–water partition coefficient (Wildman–Crippen LogP) is 1.97. The molecule has 1 amide bonds. The van der Waals surface area contributed by atoms with Crippen LogP contribution < -0.4 is 11.1 Å². The zero-order chi connectivity index (χ0) is 13.8. The standard InChI is InChI=1S/C15H28N2O2/c1-19-15(8-5-9-15)10-13(18)17-12-14(11-16)6-3-2-4-7-14/h2-12,16H2,1H3,(H,17,18). The number of carbonyl (C=O) groups excluding carboxylic acids is 1. The topological polar surface area (TPSA) is 64.3 Å². The molecule has 0 bridgehead atoms. The molecule has 2 aliphatic rings. The van der Waals surface area contributed by atoms with Crippen molar-refractivity contribution < 1.29 is 9.53 Å². The van der Waals surface area contributed by atoms with Crippen molar-refractivity contribution in [2.45, 2.75) is 63.4 Å². The van der Waals surface area contributed by atoms with Gasteiger partial charge in [0.25, 0.3) is 0 Å². The van der Waals surface area contributed by atoms with Crippen molar-refractivity contribution in [2.24, 2.45) is 11.1 Å². The van der Waals surface area contributed by atoms with E-state index < -0.39 is 0 Å². The van der Waals surface area contributed by atoms with Gasteiger partial charge in [0, 0.05) is 13.7 Å². The molecule has 0 spiro atoms. The molecule has 0 unspecified atom stereocenters. The third-order valence-electron chi connectivity index (χ3n) is 5.19. The first kappa shape index (κ1) is 14.8. The molecule has 2 saturated carbocycles. The highest BCUT2D eigenvalue weighted by Crippen LogP contribution is 2.38. The molecule has 3 N–H and O–H groups in total. The summed E-state index contributed by atoms with van der Waals surface area (Å²) >= 11 is 0. The summed E-state index contributed by atoms with van der Waals surface area (Å²) in [6.45, 7) is 1.42. The Bertz CT molecular complexity index is 302. The van der Waals surface area contributed by atoms with Gasteiger partial charge in [0.15, 0.2) is 0 Å². The SMILES string of the molecule is COC1(CC(=O)NCC2(CN)CCCCC2)CCC1. The minimum atomic E-state index is -0.174. The summed E-state index contributed by atoms with van der Waals surface area (Å²) in [6.07, 6.45) is 9.81. The van der Waals surface area contributed by atoms with E-state index in [-0.39, 0.29) is 16.9 Å². The van der Waals surface area contributed by atoms with Gasteiger partial charge in [-0.15, -0.1) is 0 Å². The number of nitrogens with two attached hydrogens (primary N) is 1. The van der Waals surface area contributed by atoms with Gasteiger partial charge in [0.2, 0.25) is 5.91 Å². The molecular weight excluding hydrogens is 240 g/mol. The van der Waals surface area contributed by atoms with Crippen LogP contribution in [0.2, 0.25) is 0 Å². The van der Waals surface area contributed by atoms with Crippen LogP contribution in [0.3, 0.4) is 0 Å². The smallest absolute Gasteiger partial charge is 0.222 e. The van der Waals surface area contributed by atoms with Gasteiger partial charge in [0.1, 0.15) is 0 Å². The number of rotatable bonds is 6. The van der Waals surface area contributed by atoms with Gasteiger partial charge in [-0.3, -0.25) is 4.79 Å². The Morgan fingerprint density at radius 3 is 2.32 bits per heavy atom. The van der Waals surface area contributed by atoms with Gasteiger partial charge >= 0.3 is 0 Å². The monoisotopic (exact) mass is 268 g/mol. The number of carbonyl (C=O) groups is 1. The Balaban J connectivity index is 1.78. The molecule has 0 aromatic carbocycles. The lowest BCUT2D eigenvalue weighted by Gasteiger charge is -2.41. The summed E-state index contributed by atoms with van der Waals surface area (Å²) in [5.74, 6) is 0.125. The van der Waals surface area contributed by atoms with Crippen LogP contribution >= 0.6 is 0 Å². The number of amides is 1. The average molecular weight is 268 g/mol. The summed E-state index contributed by atoms with van der Waals surface area (Å²) < 4.78 is 5.50. The van der Waals surface area contributed by atoms with Gasteiger partial charge in [0.05, 0.1) is 12.0 Å². The zero-order valence-corrected chi connectivity index (χ0v) is 12.2. The fraction of sp³-hybridized carbons (Fsp3) is 0.933. The lowest BCUT2D eigenvalue weighted by atomic mass is 9.73. The average Bonchev–Trinajstić information content (AvgIpc) is 2.42. The second kappa shape index (κ2) is 6.23. The Morgan fingerprint density at radius 1 is 1.16 bits per heavy atom. The fourth-order valence-electron chi connectivity index (χ4n) is 3.42. The van der Waals surface area contributed by atoms with Crippen molar-refractivity contribution in [2.75, 3.05) is 20.2 Å². The predicted molar refractivity (Wildman–Crippen MR) is 75.8 cm³/mol. The van der Waals surface area contributed by atoms with Gasteiger partial charge in [-0.2, -0.15) is 0 Å². The van der Waals surface area contributed by atoms with Crippen LogP contribution in [-0.4, -0.2) is 31.7 Å². The van der Waals surface area contributed by atoms with Crippen LogP contribution in [0.25, 0.3) is 0 Å². The van der Waals surface area contributed by atoms with E-state index >= 15 is 0 Å². The highest BCUT2D eigenvalue weighted by molar-refractivity contribution is 5.77. The highest BCUT2D eigenvalue weighted by atomic mass is 16.5. The van der Waals surface area contributed by atoms with Crippen LogP contribution in [0.1, 0.15) is 57.8 Å². The molecule has 2 fully saturated rings. The summed E-state index contributed by atoms with van der Waals surface area (Å²) in [6, 6.07) is 0. The van der Waals surface area contributed by atoms with Crippen LogP contribution in [0.5, 0.6) is 0 Å². The maximum Gasteiger partial charge on any atom is 0.222 e. The highest BCUT2D eigenvalue weighted by Gasteiger charge is 2.39. The van der Waals surface area contributed by atoms with Crippen molar-refractivity contribution in [3.63, 3.8) is 0 Å². The normalized spacial score (nSPS) is 24.5. The summed E-state index contributed by atoms with van der Waals surface area (Å²) in [5.41, 5.74) is 5.91. The lowest BCUT2D eigenvalue weighted by Crippen LogP contribution is -2.47. The van der Waals surface area contributed by atoms with E-state index in [4.69, 9.17) is 10.5 Å². The summed E-state index contributed by atoms with van der Waals surface area (Å²) in [4.78, 5) is 12.1. The first-order valence-electron chi connectivity index (χ1n) is 7.66. The molecule has 4 heteroatoms. The molecular formula is C15H28N2O2. The summed E-state index contributed by atoms with van der Waals surface area (Å²) in [5, 5.41) is 3.10. The quantitative estimate of drug-likeness (QED) is 0.774. The van der Waals surface area contributed by atoms with Crippen molar-refractivity contribution in [3.05, 3.63) is 0 Å². The van der Waals surface area contributed by atoms with E-state index in [0.29, 0.717) is 13.0 Å². The molecule has 0 saturated heterocycles. The Labute approximate surface area is 116 Å². The van der Waals surface area contributed by atoms with E-state index in [0.717, 1.165) is 32.2 Å². The molecule has 0 aromatic rings. The second-order valence-corrected chi connectivity index (χ2v) is 6.46. The molecule has 2 aliphatic carbocycles. The van der Waals surface area contributed by atoms with E-state index in [1.54, 1.807) is 7.11 Å². The first-order chi connectivity index (χ1) is 9.14. The van der Waals surface area contributed by atoms with Crippen LogP contribution in [0.15, 0.2) is 0 Å². The van der Waals surface area contributed by atoms with Gasteiger partial charge < -0.3 is 15.8 Å². The van der Waals surface area contributed by atoms with E-state index in [1.165, 1.54) is 25.7 Å². The van der Waals surface area contributed by atoms with Crippen molar-refractivity contribution in [1.82, 2.24) is 5.32 Å². The molecule has 0 radical (unpaired) electrons. The van der Waals surface area contributed by atoms with Gasteiger partial charge in [-0.05, 0) is 44.1 Å². The molecule has 0 heterocycles. The molecule has 0 atom stereocenters. The van der Waals surface area contributed by atoms with Crippen molar-refractivity contribution in [3.8, 4) is 0 Å². The van der Waals surface area contributed by atoms with Gasteiger partial charge in [-0.25, -0.2) is 0 Å². The van der Waals surface area contributed by atoms with E-state index in [9.17, 15) is 4.79 Å². The molecule has 0 aromatic heterocycles. The largest absolute Gasteiger partial charge is 0.378 e. The van der Waals surface area contributed by atoms with Crippen LogP contribution in [-0.2, 0) is 9.53 Å². The molecule has 0 aliphatic heterocycles. The Kier molecular flexibility index (Phi) is 4.85. The van der Waals surface area contributed by atoms with E-state index in [2.05, 4.69) is 5.32 Å². The third-order valence-corrected chi connectivity index (χ3v) is 5.19. The zero-order valence-electron chi connectivity index (χ0n) is 12.2. The minimum Gasteiger partial charge on any atom is -0.378 e. The second-order valence-electron chi connectivity index (χ2n) is 6.46. The number of methoxy groups -OCH3 is 1. The first-order valence-corrected chi connectivity index (χ1v) is 7.66. The van der Waals surface area contributed by atoms with Crippen molar-refractivity contribution >= 4 is 5.91 Å². The maximum atomic E-state index is 12.1. The number of nitrogens with one attached hydrogen (secondary N) is 1. The fourth-order valence-corrected chi connectivity index (χ4v) is 3.42. The Hall–Kier alpha value is -0.610. The third kappa shape index (κ3) is 3.48. The number of ether oxygens (including phenoxy) is 1. The maximum absolute atomic E-state index is 12.1. The van der Waals surface area contributed by atoms with Crippen LogP contribution in [0.4, 0.5) is 0 Å². The number of hydrogen-bond donors (Lipinski definition) is 2. The van der Waals surface area contributed by atoms with Gasteiger partial charge in [-0.1, -0.05) is 19.3 Å².